The molecule has 1 amide bonds. The van der Waals surface area contributed by atoms with Crippen molar-refractivity contribution in [3.63, 3.8) is 0 Å². The average Bonchev–Trinajstić information content (AvgIpc) is 2.70. The summed E-state index contributed by atoms with van der Waals surface area (Å²) in [6.07, 6.45) is 1.07. The Morgan fingerprint density at radius 1 is 1.10 bits per heavy atom. The summed E-state index contributed by atoms with van der Waals surface area (Å²) in [6.45, 7) is 6.66. The van der Waals surface area contributed by atoms with E-state index < -0.39 is 0 Å². The zero-order valence-corrected chi connectivity index (χ0v) is 19.0. The van der Waals surface area contributed by atoms with E-state index in [0.29, 0.717) is 19.4 Å². The Morgan fingerprint density at radius 2 is 1.79 bits per heavy atom. The molecule has 2 aromatic rings. The fourth-order valence-corrected chi connectivity index (χ4v) is 3.28. The van der Waals surface area contributed by atoms with Crippen LogP contribution in [0.5, 0.6) is 5.75 Å². The van der Waals surface area contributed by atoms with Gasteiger partial charge in [-0.15, -0.1) is 24.8 Å². The van der Waals surface area contributed by atoms with Crippen LogP contribution in [0.4, 0.5) is 5.69 Å². The van der Waals surface area contributed by atoms with Crippen LogP contribution in [0, 0.1) is 0 Å². The number of para-hydroxylation sites is 1. The van der Waals surface area contributed by atoms with Gasteiger partial charge in [-0.1, -0.05) is 44.2 Å². The van der Waals surface area contributed by atoms with Crippen molar-refractivity contribution in [3.8, 4) is 5.75 Å². The fourth-order valence-electron chi connectivity index (χ4n) is 3.28. The van der Waals surface area contributed by atoms with Crippen LogP contribution in [-0.2, 0) is 11.2 Å². The van der Waals surface area contributed by atoms with Crippen LogP contribution in [0.3, 0.4) is 0 Å². The number of halogens is 2. The Balaban J connectivity index is 0.00000392. The number of hydrogen-bond acceptors (Lipinski definition) is 4. The number of nitrogens with two attached hydrogens (primary N) is 1. The summed E-state index contributed by atoms with van der Waals surface area (Å²) in [5, 5.41) is 3.10. The number of carbonyl (C=O) groups excluding carboxylic acids is 1. The highest BCUT2D eigenvalue weighted by Crippen LogP contribution is 2.24. The first-order chi connectivity index (χ1) is 13.1. The van der Waals surface area contributed by atoms with Crippen LogP contribution in [0.15, 0.2) is 48.5 Å². The average molecular weight is 442 g/mol. The van der Waals surface area contributed by atoms with Gasteiger partial charge in [-0.3, -0.25) is 9.69 Å². The molecule has 1 atom stereocenters. The Morgan fingerprint density at radius 3 is 2.41 bits per heavy atom. The van der Waals surface area contributed by atoms with Crippen LogP contribution in [0.2, 0.25) is 0 Å². The van der Waals surface area contributed by atoms with Crippen LogP contribution in [-0.4, -0.2) is 37.6 Å². The number of rotatable bonds is 10. The van der Waals surface area contributed by atoms with Gasteiger partial charge in [-0.05, 0) is 48.8 Å². The zero-order chi connectivity index (χ0) is 19.6. The number of amides is 1. The van der Waals surface area contributed by atoms with Crippen molar-refractivity contribution in [2.45, 2.75) is 32.7 Å². The van der Waals surface area contributed by atoms with Gasteiger partial charge in [-0.2, -0.15) is 0 Å². The third-order valence-corrected chi connectivity index (χ3v) is 4.90. The van der Waals surface area contributed by atoms with E-state index in [4.69, 9.17) is 10.5 Å². The predicted octanol–water partition coefficient (Wildman–Crippen LogP) is 4.25. The molecule has 1 unspecified atom stereocenters. The molecule has 0 saturated carbocycles. The maximum Gasteiger partial charge on any atom is 0.220 e. The quantitative estimate of drug-likeness (QED) is 0.540. The highest BCUT2D eigenvalue weighted by molar-refractivity contribution is 5.85. The molecule has 29 heavy (non-hydrogen) atoms. The number of methoxy groups -OCH3 is 1. The molecule has 2 rings (SSSR count). The highest BCUT2D eigenvalue weighted by Gasteiger charge is 2.19. The number of ether oxygens (including phenoxy) is 1. The smallest absolute Gasteiger partial charge is 0.220 e. The number of nitrogens with one attached hydrogen (secondary N) is 1. The molecule has 0 aliphatic rings. The van der Waals surface area contributed by atoms with Crippen molar-refractivity contribution in [3.05, 3.63) is 59.7 Å². The number of nitrogens with zero attached hydrogens (tertiary/aromatic N) is 1. The van der Waals surface area contributed by atoms with Crippen molar-refractivity contribution < 1.29 is 9.53 Å². The maximum absolute atomic E-state index is 12.4. The minimum atomic E-state index is 0. The lowest BCUT2D eigenvalue weighted by atomic mass is 10.0. The summed E-state index contributed by atoms with van der Waals surface area (Å²) in [4.78, 5) is 14.7. The molecule has 7 heteroatoms. The van der Waals surface area contributed by atoms with E-state index in [-0.39, 0.29) is 36.8 Å². The number of anilines is 1. The fraction of sp³-hybridized carbons (Fsp3) is 0.409. The van der Waals surface area contributed by atoms with Gasteiger partial charge in [0.2, 0.25) is 5.91 Å². The molecule has 0 aliphatic carbocycles. The lowest BCUT2D eigenvalue weighted by Crippen LogP contribution is -2.38. The molecule has 3 N–H and O–H groups in total. The Kier molecular flexibility index (Phi) is 13.2. The second-order valence-corrected chi connectivity index (χ2v) is 6.52. The number of nitrogen functional groups attached to an aromatic ring is 1. The van der Waals surface area contributed by atoms with Crippen molar-refractivity contribution in [2.24, 2.45) is 0 Å². The van der Waals surface area contributed by atoms with Gasteiger partial charge in [0.05, 0.1) is 13.2 Å². The van der Waals surface area contributed by atoms with Gasteiger partial charge < -0.3 is 15.8 Å². The maximum atomic E-state index is 12.4. The SMILES string of the molecule is CCN(CC)C(CNC(=O)CCc1ccccc1N)c1cccc(OC)c1.Cl.Cl. The third-order valence-electron chi connectivity index (χ3n) is 4.90. The third kappa shape index (κ3) is 8.13. The van der Waals surface area contributed by atoms with Crippen molar-refractivity contribution in [1.82, 2.24) is 10.2 Å². The van der Waals surface area contributed by atoms with Gasteiger partial charge >= 0.3 is 0 Å². The summed E-state index contributed by atoms with van der Waals surface area (Å²) in [5.41, 5.74) is 8.86. The topological polar surface area (TPSA) is 67.6 Å². The molecule has 0 aromatic heterocycles. The number of hydrogen-bond donors (Lipinski definition) is 2. The van der Waals surface area contributed by atoms with Crippen LogP contribution >= 0.6 is 24.8 Å². The summed E-state index contributed by atoms with van der Waals surface area (Å²) in [5.74, 6) is 0.869. The molecule has 0 fully saturated rings. The van der Waals surface area contributed by atoms with Crippen LogP contribution in [0.1, 0.15) is 37.4 Å². The van der Waals surface area contributed by atoms with Crippen molar-refractivity contribution >= 4 is 36.4 Å². The van der Waals surface area contributed by atoms with Gasteiger partial charge in [0.1, 0.15) is 5.75 Å². The minimum Gasteiger partial charge on any atom is -0.497 e. The molecular weight excluding hydrogens is 409 g/mol. The molecule has 0 heterocycles. The van der Waals surface area contributed by atoms with E-state index in [0.717, 1.165) is 35.7 Å². The molecule has 162 valence electrons. The van der Waals surface area contributed by atoms with Gasteiger partial charge in [0, 0.05) is 18.7 Å². The first kappa shape index (κ1) is 27.0. The van der Waals surface area contributed by atoms with E-state index in [1.54, 1.807) is 7.11 Å². The molecule has 0 spiro atoms. The zero-order valence-electron chi connectivity index (χ0n) is 17.4. The molecule has 0 saturated heterocycles. The summed E-state index contributed by atoms with van der Waals surface area (Å²) in [7, 11) is 1.67. The van der Waals surface area contributed by atoms with E-state index in [1.807, 2.05) is 42.5 Å². The number of carbonyl (C=O) groups is 1. The van der Waals surface area contributed by atoms with Gasteiger partial charge in [0.25, 0.3) is 0 Å². The van der Waals surface area contributed by atoms with E-state index >= 15 is 0 Å². The second-order valence-electron chi connectivity index (χ2n) is 6.52. The second kappa shape index (κ2) is 14.1. The van der Waals surface area contributed by atoms with E-state index in [9.17, 15) is 4.79 Å². The van der Waals surface area contributed by atoms with Crippen molar-refractivity contribution in [1.29, 1.82) is 0 Å². The predicted molar refractivity (Wildman–Crippen MR) is 125 cm³/mol. The van der Waals surface area contributed by atoms with Crippen LogP contribution < -0.4 is 15.8 Å². The summed E-state index contributed by atoms with van der Waals surface area (Å²) >= 11 is 0. The lowest BCUT2D eigenvalue weighted by Gasteiger charge is -2.30. The molecule has 0 aliphatic heterocycles. The molecule has 0 radical (unpaired) electrons. The van der Waals surface area contributed by atoms with E-state index in [1.165, 1.54) is 0 Å². The number of aryl methyl sites for hydroxylation is 1. The molecule has 5 nitrogen and oxygen atoms in total. The van der Waals surface area contributed by atoms with Gasteiger partial charge in [0.15, 0.2) is 0 Å². The molecule has 0 bridgehead atoms. The van der Waals surface area contributed by atoms with Crippen molar-refractivity contribution in [2.75, 3.05) is 32.5 Å². The number of likely N-dealkylation sites (N-methyl/N-ethyl adjacent to an activating group) is 1. The first-order valence-corrected chi connectivity index (χ1v) is 9.57. The summed E-state index contributed by atoms with van der Waals surface area (Å²) < 4.78 is 5.36. The Bertz CT molecular complexity index is 740. The monoisotopic (exact) mass is 441 g/mol. The standard InChI is InChI=1S/C22H31N3O2.2ClH/c1-4-25(5-2)21(18-10-8-11-19(15-18)27-3)16-24-22(26)14-13-17-9-6-7-12-20(17)23;;/h6-12,15,21H,4-5,13-14,16,23H2,1-3H3,(H,24,26);2*1H. The first-order valence-electron chi connectivity index (χ1n) is 9.57. The number of benzene rings is 2. The Labute approximate surface area is 186 Å². The van der Waals surface area contributed by atoms with Gasteiger partial charge in [-0.25, -0.2) is 0 Å². The normalized spacial score (nSPS) is 11.2. The lowest BCUT2D eigenvalue weighted by molar-refractivity contribution is -0.121. The highest BCUT2D eigenvalue weighted by atomic mass is 35.5. The summed E-state index contributed by atoms with van der Waals surface area (Å²) in [6, 6.07) is 15.9. The van der Waals surface area contributed by atoms with Crippen LogP contribution in [0.25, 0.3) is 0 Å². The molecule has 2 aromatic carbocycles. The molecular formula is C22H33Cl2N3O2. The minimum absolute atomic E-state index is 0. The largest absolute Gasteiger partial charge is 0.497 e. The Hall–Kier alpha value is -1.95. The van der Waals surface area contributed by atoms with E-state index in [2.05, 4.69) is 30.1 Å².